The molecule has 0 radical (unpaired) electrons. The van der Waals surface area contributed by atoms with Gasteiger partial charge in [0.1, 0.15) is 0 Å². The SMILES string of the molecule is Fc1ccc(SCC2CC2)cc1F. The molecule has 1 fully saturated rings. The van der Waals surface area contributed by atoms with E-state index >= 15 is 0 Å². The van der Waals surface area contributed by atoms with Gasteiger partial charge in [0.15, 0.2) is 11.6 Å². The van der Waals surface area contributed by atoms with Gasteiger partial charge in [-0.3, -0.25) is 0 Å². The highest BCUT2D eigenvalue weighted by Crippen LogP contribution is 2.35. The van der Waals surface area contributed by atoms with Crippen LogP contribution in [-0.2, 0) is 0 Å². The number of rotatable bonds is 3. The lowest BCUT2D eigenvalue weighted by Crippen LogP contribution is -1.85. The molecule has 0 saturated heterocycles. The minimum absolute atomic E-state index is 0.749. The average Bonchev–Trinajstić information content (AvgIpc) is 2.91. The fourth-order valence-corrected chi connectivity index (χ4v) is 2.18. The van der Waals surface area contributed by atoms with Gasteiger partial charge in [0.2, 0.25) is 0 Å². The topological polar surface area (TPSA) is 0 Å². The van der Waals surface area contributed by atoms with Crippen LogP contribution in [0.15, 0.2) is 23.1 Å². The second-order valence-corrected chi connectivity index (χ2v) is 4.42. The number of benzene rings is 1. The molecule has 1 aliphatic rings. The second kappa shape index (κ2) is 3.66. The van der Waals surface area contributed by atoms with Gasteiger partial charge in [-0.15, -0.1) is 11.8 Å². The van der Waals surface area contributed by atoms with E-state index in [-0.39, 0.29) is 0 Å². The molecule has 1 aliphatic carbocycles. The number of hydrogen-bond acceptors (Lipinski definition) is 1. The molecule has 0 aliphatic heterocycles. The smallest absolute Gasteiger partial charge is 0.159 e. The van der Waals surface area contributed by atoms with E-state index in [1.165, 1.54) is 25.0 Å². The van der Waals surface area contributed by atoms with Crippen molar-refractivity contribution in [1.29, 1.82) is 0 Å². The van der Waals surface area contributed by atoms with E-state index in [4.69, 9.17) is 0 Å². The average molecular weight is 200 g/mol. The van der Waals surface area contributed by atoms with Crippen LogP contribution in [0.1, 0.15) is 12.8 Å². The van der Waals surface area contributed by atoms with Crippen molar-refractivity contribution in [2.75, 3.05) is 5.75 Å². The van der Waals surface area contributed by atoms with Crippen LogP contribution < -0.4 is 0 Å². The molecule has 1 saturated carbocycles. The Morgan fingerprint density at radius 3 is 2.62 bits per heavy atom. The van der Waals surface area contributed by atoms with Crippen LogP contribution in [0.2, 0.25) is 0 Å². The Labute approximate surface area is 80.3 Å². The molecule has 0 bridgehead atoms. The largest absolute Gasteiger partial charge is 0.204 e. The van der Waals surface area contributed by atoms with Gasteiger partial charge in [-0.1, -0.05) is 0 Å². The third-order valence-electron chi connectivity index (χ3n) is 2.07. The quantitative estimate of drug-likeness (QED) is 0.673. The van der Waals surface area contributed by atoms with Crippen LogP contribution in [0.25, 0.3) is 0 Å². The molecule has 0 atom stereocenters. The minimum atomic E-state index is -0.768. The van der Waals surface area contributed by atoms with Crippen LogP contribution >= 0.6 is 11.8 Å². The molecule has 0 nitrogen and oxygen atoms in total. The van der Waals surface area contributed by atoms with Gasteiger partial charge in [-0.05, 0) is 37.0 Å². The summed E-state index contributed by atoms with van der Waals surface area (Å²) in [6, 6.07) is 4.08. The highest BCUT2D eigenvalue weighted by molar-refractivity contribution is 7.99. The first-order valence-electron chi connectivity index (χ1n) is 4.33. The van der Waals surface area contributed by atoms with Crippen molar-refractivity contribution in [3.05, 3.63) is 29.8 Å². The van der Waals surface area contributed by atoms with Gasteiger partial charge < -0.3 is 0 Å². The number of thioether (sulfide) groups is 1. The van der Waals surface area contributed by atoms with Crippen molar-refractivity contribution in [2.45, 2.75) is 17.7 Å². The molecule has 0 spiro atoms. The molecule has 70 valence electrons. The Morgan fingerprint density at radius 1 is 1.23 bits per heavy atom. The zero-order chi connectivity index (χ0) is 9.26. The van der Waals surface area contributed by atoms with E-state index in [0.717, 1.165) is 16.6 Å². The summed E-state index contributed by atoms with van der Waals surface area (Å²) < 4.78 is 25.3. The molecule has 0 amide bonds. The Hall–Kier alpha value is -0.570. The second-order valence-electron chi connectivity index (χ2n) is 3.33. The van der Waals surface area contributed by atoms with Crippen molar-refractivity contribution >= 4 is 11.8 Å². The summed E-state index contributed by atoms with van der Waals surface area (Å²) >= 11 is 1.61. The highest BCUT2D eigenvalue weighted by Gasteiger charge is 2.21. The maximum Gasteiger partial charge on any atom is 0.159 e. The molecule has 2 rings (SSSR count). The first kappa shape index (κ1) is 9.00. The summed E-state index contributed by atoms with van der Waals surface area (Å²) in [6.45, 7) is 0. The summed E-state index contributed by atoms with van der Waals surface area (Å²) in [5.74, 6) is 0.320. The van der Waals surface area contributed by atoms with Crippen molar-refractivity contribution in [3.8, 4) is 0 Å². The lowest BCUT2D eigenvalue weighted by Gasteiger charge is -2.00. The number of halogens is 2. The summed E-state index contributed by atoms with van der Waals surface area (Å²) in [7, 11) is 0. The molecule has 13 heavy (non-hydrogen) atoms. The lowest BCUT2D eigenvalue weighted by molar-refractivity contribution is 0.506. The van der Waals surface area contributed by atoms with Gasteiger partial charge in [-0.2, -0.15) is 0 Å². The van der Waals surface area contributed by atoms with Crippen molar-refractivity contribution in [3.63, 3.8) is 0 Å². The third-order valence-corrected chi connectivity index (χ3v) is 3.30. The van der Waals surface area contributed by atoms with Gasteiger partial charge >= 0.3 is 0 Å². The van der Waals surface area contributed by atoms with Crippen LogP contribution in [0.3, 0.4) is 0 Å². The maximum atomic E-state index is 12.7. The summed E-state index contributed by atoms with van der Waals surface area (Å²) in [4.78, 5) is 0.825. The standard InChI is InChI=1S/C10H10F2S/c11-9-4-3-8(5-10(9)12)13-6-7-1-2-7/h3-5,7H,1-2,6H2. The van der Waals surface area contributed by atoms with E-state index in [0.29, 0.717) is 0 Å². The molecule has 3 heteroatoms. The van der Waals surface area contributed by atoms with E-state index < -0.39 is 11.6 Å². The zero-order valence-electron chi connectivity index (χ0n) is 7.09. The number of hydrogen-bond donors (Lipinski definition) is 0. The molecule has 0 unspecified atom stereocenters. The van der Waals surface area contributed by atoms with Crippen molar-refractivity contribution < 1.29 is 8.78 Å². The molecule has 1 aromatic rings. The minimum Gasteiger partial charge on any atom is -0.204 e. The first-order chi connectivity index (χ1) is 6.25. The third kappa shape index (κ3) is 2.44. The summed E-state index contributed by atoms with van der Waals surface area (Å²) in [6.07, 6.45) is 2.58. The molecular weight excluding hydrogens is 190 g/mol. The molecule has 0 heterocycles. The van der Waals surface area contributed by atoms with Gasteiger partial charge in [0.05, 0.1) is 0 Å². The highest BCUT2D eigenvalue weighted by atomic mass is 32.2. The Kier molecular flexibility index (Phi) is 2.54. The van der Waals surface area contributed by atoms with Gasteiger partial charge in [0.25, 0.3) is 0 Å². The van der Waals surface area contributed by atoms with Crippen LogP contribution in [0, 0.1) is 17.6 Å². The van der Waals surface area contributed by atoms with Crippen molar-refractivity contribution in [1.82, 2.24) is 0 Å². The fourth-order valence-electron chi connectivity index (χ4n) is 1.07. The maximum absolute atomic E-state index is 12.7. The van der Waals surface area contributed by atoms with Gasteiger partial charge in [0, 0.05) is 10.6 Å². The van der Waals surface area contributed by atoms with Crippen LogP contribution in [0.5, 0.6) is 0 Å². The normalized spacial score (nSPS) is 16.2. The monoisotopic (exact) mass is 200 g/mol. The predicted octanol–water partition coefficient (Wildman–Crippen LogP) is 3.47. The Balaban J connectivity index is 1.98. The molecule has 0 N–H and O–H groups in total. The van der Waals surface area contributed by atoms with Gasteiger partial charge in [-0.25, -0.2) is 8.78 Å². The fraction of sp³-hybridized carbons (Fsp3) is 0.400. The van der Waals surface area contributed by atoms with E-state index in [1.54, 1.807) is 17.8 Å². The predicted molar refractivity (Wildman–Crippen MR) is 49.8 cm³/mol. The first-order valence-corrected chi connectivity index (χ1v) is 5.32. The zero-order valence-corrected chi connectivity index (χ0v) is 7.91. The van der Waals surface area contributed by atoms with Crippen LogP contribution in [-0.4, -0.2) is 5.75 Å². The summed E-state index contributed by atoms with van der Waals surface area (Å²) in [5, 5.41) is 0. The summed E-state index contributed by atoms with van der Waals surface area (Å²) in [5.41, 5.74) is 0. The van der Waals surface area contributed by atoms with E-state index in [9.17, 15) is 8.78 Å². The Morgan fingerprint density at radius 2 is 2.00 bits per heavy atom. The molecule has 0 aromatic heterocycles. The van der Waals surface area contributed by atoms with Crippen LogP contribution in [0.4, 0.5) is 8.78 Å². The molecular formula is C10H10F2S. The lowest BCUT2D eigenvalue weighted by atomic mass is 10.3. The molecule has 1 aromatic carbocycles. The van der Waals surface area contributed by atoms with Crippen molar-refractivity contribution in [2.24, 2.45) is 5.92 Å². The van der Waals surface area contributed by atoms with E-state index in [1.807, 2.05) is 0 Å². The van der Waals surface area contributed by atoms with E-state index in [2.05, 4.69) is 0 Å². The Bertz CT molecular complexity index is 308.